The third-order valence-electron chi connectivity index (χ3n) is 3.62. The second-order valence-corrected chi connectivity index (χ2v) is 5.50. The summed E-state index contributed by atoms with van der Waals surface area (Å²) in [6.07, 6.45) is 1.00. The van der Waals surface area contributed by atoms with Crippen LogP contribution >= 0.6 is 0 Å². The lowest BCUT2D eigenvalue weighted by molar-refractivity contribution is -0.0164. The molecule has 110 valence electrons. The molecule has 1 heterocycles. The number of hydrogen-bond donors (Lipinski definition) is 1. The fourth-order valence-electron chi connectivity index (χ4n) is 2.29. The molecule has 2 rings (SSSR count). The lowest BCUT2D eigenvalue weighted by Gasteiger charge is -2.32. The summed E-state index contributed by atoms with van der Waals surface area (Å²) in [7, 11) is 1.67. The zero-order valence-corrected chi connectivity index (χ0v) is 12.5. The quantitative estimate of drug-likeness (QED) is 0.866. The number of furan rings is 1. The van der Waals surface area contributed by atoms with E-state index in [1.54, 1.807) is 13.2 Å². The molecule has 1 atom stereocenters. The smallest absolute Gasteiger partial charge is 0.169 e. The van der Waals surface area contributed by atoms with Gasteiger partial charge < -0.3 is 14.5 Å². The number of benzene rings is 1. The van der Waals surface area contributed by atoms with Gasteiger partial charge in [0.15, 0.2) is 11.4 Å². The Balaban J connectivity index is 2.42. The van der Waals surface area contributed by atoms with E-state index in [2.05, 4.69) is 12.2 Å². The van der Waals surface area contributed by atoms with Crippen molar-refractivity contribution in [3.8, 4) is 0 Å². The Morgan fingerprint density at radius 2 is 2.15 bits per heavy atom. The molecule has 0 aliphatic heterocycles. The summed E-state index contributed by atoms with van der Waals surface area (Å²) >= 11 is 0. The third kappa shape index (κ3) is 2.86. The summed E-state index contributed by atoms with van der Waals surface area (Å²) in [5.74, 6) is 0.364. The fourth-order valence-corrected chi connectivity index (χ4v) is 2.29. The van der Waals surface area contributed by atoms with Crippen LogP contribution in [0, 0.1) is 5.82 Å². The molecule has 20 heavy (non-hydrogen) atoms. The first kappa shape index (κ1) is 15.0. The molecule has 0 spiro atoms. The van der Waals surface area contributed by atoms with E-state index in [1.807, 2.05) is 26.0 Å². The van der Waals surface area contributed by atoms with Crippen LogP contribution in [0.3, 0.4) is 0 Å². The largest absolute Gasteiger partial charge is 0.456 e. The van der Waals surface area contributed by atoms with Crippen LogP contribution in [-0.4, -0.2) is 19.3 Å². The van der Waals surface area contributed by atoms with Gasteiger partial charge in [0.25, 0.3) is 0 Å². The van der Waals surface area contributed by atoms with Crippen molar-refractivity contribution >= 4 is 11.0 Å². The Morgan fingerprint density at radius 3 is 2.75 bits per heavy atom. The highest BCUT2D eigenvalue weighted by molar-refractivity contribution is 5.78. The van der Waals surface area contributed by atoms with Gasteiger partial charge in [0.1, 0.15) is 5.76 Å². The second-order valence-electron chi connectivity index (χ2n) is 5.50. The van der Waals surface area contributed by atoms with Crippen molar-refractivity contribution in [3.05, 3.63) is 35.8 Å². The number of nitrogens with one attached hydrogen (secondary N) is 1. The molecule has 0 fully saturated rings. The fraction of sp³-hybridized carbons (Fsp3) is 0.500. The zero-order valence-electron chi connectivity index (χ0n) is 12.5. The van der Waals surface area contributed by atoms with Crippen LogP contribution in [0.4, 0.5) is 4.39 Å². The molecule has 0 saturated heterocycles. The molecule has 0 aliphatic carbocycles. The average Bonchev–Trinajstić information content (AvgIpc) is 2.84. The van der Waals surface area contributed by atoms with Crippen LogP contribution in [0.5, 0.6) is 0 Å². The minimum absolute atomic E-state index is 0.126. The van der Waals surface area contributed by atoms with Gasteiger partial charge in [-0.2, -0.15) is 0 Å². The molecule has 1 aromatic carbocycles. The highest BCUT2D eigenvalue weighted by atomic mass is 19.1. The van der Waals surface area contributed by atoms with Crippen LogP contribution in [0.2, 0.25) is 0 Å². The van der Waals surface area contributed by atoms with E-state index in [4.69, 9.17) is 9.15 Å². The topological polar surface area (TPSA) is 34.4 Å². The molecule has 4 heteroatoms. The minimum Gasteiger partial charge on any atom is -0.456 e. The van der Waals surface area contributed by atoms with Gasteiger partial charge in [0.2, 0.25) is 0 Å². The van der Waals surface area contributed by atoms with E-state index in [1.165, 1.54) is 6.07 Å². The normalized spacial score (nSPS) is 13.8. The average molecular weight is 279 g/mol. The molecule has 0 radical (unpaired) electrons. The van der Waals surface area contributed by atoms with Gasteiger partial charge in [-0.05, 0) is 38.9 Å². The summed E-state index contributed by atoms with van der Waals surface area (Å²) in [5, 5.41) is 4.19. The first-order valence-corrected chi connectivity index (χ1v) is 6.96. The van der Waals surface area contributed by atoms with E-state index < -0.39 is 5.60 Å². The molecule has 1 N–H and O–H groups in total. The number of para-hydroxylation sites is 1. The van der Waals surface area contributed by atoms with Gasteiger partial charge in [-0.1, -0.05) is 19.1 Å². The van der Waals surface area contributed by atoms with Crippen molar-refractivity contribution in [1.82, 2.24) is 5.32 Å². The maximum Gasteiger partial charge on any atom is 0.169 e. The first-order valence-electron chi connectivity index (χ1n) is 6.96. The Kier molecular flexibility index (Phi) is 4.45. The zero-order chi connectivity index (χ0) is 14.8. The number of hydrogen-bond acceptors (Lipinski definition) is 3. The Hall–Kier alpha value is -1.39. The highest BCUT2D eigenvalue weighted by Crippen LogP contribution is 2.33. The number of fused-ring (bicyclic) bond motifs is 1. The maximum atomic E-state index is 13.7. The maximum absolute atomic E-state index is 13.7. The lowest BCUT2D eigenvalue weighted by atomic mass is 9.96. The van der Waals surface area contributed by atoms with E-state index in [-0.39, 0.29) is 11.9 Å². The Labute approximate surface area is 119 Å². The van der Waals surface area contributed by atoms with Crippen LogP contribution in [0.1, 0.15) is 39.0 Å². The van der Waals surface area contributed by atoms with Crippen LogP contribution in [0.15, 0.2) is 28.7 Å². The van der Waals surface area contributed by atoms with Gasteiger partial charge >= 0.3 is 0 Å². The molecule has 0 aliphatic rings. The highest BCUT2D eigenvalue weighted by Gasteiger charge is 2.33. The molecule has 1 unspecified atom stereocenters. The summed E-state index contributed by atoms with van der Waals surface area (Å²) < 4.78 is 25.0. The van der Waals surface area contributed by atoms with Gasteiger partial charge in [0, 0.05) is 12.5 Å². The van der Waals surface area contributed by atoms with Crippen molar-refractivity contribution in [2.24, 2.45) is 0 Å². The molecule has 1 aromatic heterocycles. The summed E-state index contributed by atoms with van der Waals surface area (Å²) in [6, 6.07) is 6.70. The molecule has 0 amide bonds. The van der Waals surface area contributed by atoms with Crippen molar-refractivity contribution in [3.63, 3.8) is 0 Å². The number of rotatable bonds is 6. The van der Waals surface area contributed by atoms with Crippen molar-refractivity contribution in [2.75, 3.05) is 13.7 Å². The summed E-state index contributed by atoms with van der Waals surface area (Å²) in [5.41, 5.74) is -0.141. The molecule has 2 aromatic rings. The van der Waals surface area contributed by atoms with E-state index >= 15 is 0 Å². The van der Waals surface area contributed by atoms with E-state index in [9.17, 15) is 4.39 Å². The number of ether oxygens (including phenoxy) is 1. The molecular weight excluding hydrogens is 257 g/mol. The van der Waals surface area contributed by atoms with E-state index in [0.717, 1.165) is 18.4 Å². The van der Waals surface area contributed by atoms with Crippen molar-refractivity contribution in [1.29, 1.82) is 0 Å². The summed E-state index contributed by atoms with van der Waals surface area (Å²) in [4.78, 5) is 0. The number of methoxy groups -OCH3 is 1. The van der Waals surface area contributed by atoms with Gasteiger partial charge in [-0.3, -0.25) is 0 Å². The van der Waals surface area contributed by atoms with Crippen LogP contribution in [-0.2, 0) is 4.74 Å². The Morgan fingerprint density at radius 1 is 1.40 bits per heavy atom. The Bertz CT molecular complexity index is 577. The third-order valence-corrected chi connectivity index (χ3v) is 3.62. The second kappa shape index (κ2) is 5.94. The van der Waals surface area contributed by atoms with Crippen molar-refractivity contribution < 1.29 is 13.5 Å². The number of halogens is 1. The van der Waals surface area contributed by atoms with E-state index in [0.29, 0.717) is 11.3 Å². The van der Waals surface area contributed by atoms with Crippen LogP contribution in [0.25, 0.3) is 11.0 Å². The predicted molar refractivity (Wildman–Crippen MR) is 78.3 cm³/mol. The van der Waals surface area contributed by atoms with Gasteiger partial charge in [-0.25, -0.2) is 4.39 Å². The monoisotopic (exact) mass is 279 g/mol. The van der Waals surface area contributed by atoms with Gasteiger partial charge in [0.05, 0.1) is 11.6 Å². The molecular formula is C16H22FNO2. The lowest BCUT2D eigenvalue weighted by Crippen LogP contribution is -2.41. The van der Waals surface area contributed by atoms with Crippen LogP contribution < -0.4 is 5.32 Å². The summed E-state index contributed by atoms with van der Waals surface area (Å²) in [6.45, 7) is 6.92. The SMILES string of the molecule is CCCNC(c1cc2cccc(F)c2o1)C(C)(C)OC. The van der Waals surface area contributed by atoms with Crippen molar-refractivity contribution in [2.45, 2.75) is 38.8 Å². The molecule has 3 nitrogen and oxygen atoms in total. The first-order chi connectivity index (χ1) is 9.49. The van der Waals surface area contributed by atoms with Gasteiger partial charge in [-0.15, -0.1) is 0 Å². The minimum atomic E-state index is -0.445. The molecule has 0 saturated carbocycles. The molecule has 0 bridgehead atoms. The predicted octanol–water partition coefficient (Wildman–Crippen LogP) is 4.04. The standard InChI is InChI=1S/C16H22FNO2/c1-5-9-18-15(16(2,3)19-4)13-10-11-7-6-8-12(17)14(11)20-13/h6-8,10,15,18H,5,9H2,1-4H3.